The van der Waals surface area contributed by atoms with E-state index < -0.39 is 47.9 Å². The lowest BCUT2D eigenvalue weighted by atomic mass is 9.78. The van der Waals surface area contributed by atoms with Gasteiger partial charge in [-0.25, -0.2) is 4.98 Å². The summed E-state index contributed by atoms with van der Waals surface area (Å²) in [7, 11) is 5.30. The van der Waals surface area contributed by atoms with Gasteiger partial charge in [-0.1, -0.05) is 65.7 Å². The van der Waals surface area contributed by atoms with Gasteiger partial charge in [-0.15, -0.1) is 12.4 Å². The van der Waals surface area contributed by atoms with Crippen molar-refractivity contribution >= 4 is 59.2 Å². The molecule has 13 nitrogen and oxygen atoms in total. The fourth-order valence-corrected chi connectivity index (χ4v) is 10.2. The predicted molar refractivity (Wildman–Crippen MR) is 266 cm³/mol. The van der Waals surface area contributed by atoms with Crippen LogP contribution in [0.5, 0.6) is 11.5 Å². The first-order valence-electron chi connectivity index (χ1n) is 23.1. The molecule has 4 atom stereocenters. The van der Waals surface area contributed by atoms with Crippen molar-refractivity contribution in [2.75, 3.05) is 40.3 Å². The average molecular weight is 985 g/mol. The minimum atomic E-state index is -1.63. The second-order valence-corrected chi connectivity index (χ2v) is 19.2. The Bertz CT molecular complexity index is 2600. The van der Waals surface area contributed by atoms with Gasteiger partial charge in [0, 0.05) is 67.6 Å². The number of aryl methyl sites for hydroxylation is 1. The van der Waals surface area contributed by atoms with E-state index in [9.17, 15) is 14.7 Å². The second-order valence-electron chi connectivity index (χ2n) is 18.3. The molecule has 3 aliphatic rings. The molecule has 3 heterocycles. The summed E-state index contributed by atoms with van der Waals surface area (Å²) in [6.07, 6.45) is 5.55. The molecule has 2 N–H and O–H groups in total. The van der Waals surface area contributed by atoms with Crippen molar-refractivity contribution < 1.29 is 29.0 Å². The van der Waals surface area contributed by atoms with E-state index in [0.29, 0.717) is 46.4 Å². The van der Waals surface area contributed by atoms with Crippen LogP contribution in [0.2, 0.25) is 10.0 Å². The second kappa shape index (κ2) is 21.9. The maximum absolute atomic E-state index is 15.3. The molecule has 0 unspecified atom stereocenters. The fraction of sp³-hybridized carbons (Fsp3) is 0.404. The topological polar surface area (TPSA) is 141 Å². The Morgan fingerprint density at radius 2 is 1.53 bits per heavy atom. The molecule has 0 spiro atoms. The largest absolute Gasteiger partial charge is 0.457 e. The third-order valence-corrected chi connectivity index (χ3v) is 14.5. The number of nitrogens with zero attached hydrogens (tertiary/aromatic N) is 6. The number of fused-ring (bicyclic) bond motifs is 1. The molecule has 8 rings (SSSR count). The number of aliphatic hydroxyl groups is 1. The van der Waals surface area contributed by atoms with Crippen molar-refractivity contribution in [2.45, 2.75) is 88.5 Å². The summed E-state index contributed by atoms with van der Waals surface area (Å²) in [5.74, 6) is -0.483. The van der Waals surface area contributed by atoms with E-state index in [1.807, 2.05) is 73.9 Å². The number of likely N-dealkylation sites (tertiary alicyclic amines) is 1. The Morgan fingerprint density at radius 3 is 2.25 bits per heavy atom. The van der Waals surface area contributed by atoms with Crippen LogP contribution < -0.4 is 10.1 Å². The lowest BCUT2D eigenvalue weighted by Gasteiger charge is -2.45. The number of aliphatic hydroxyl groups excluding tert-OH is 1. The van der Waals surface area contributed by atoms with Gasteiger partial charge in [0.15, 0.2) is 0 Å². The number of hydrogen-bond donors (Lipinski definition) is 2. The number of ether oxygens (including phenoxy) is 1. The fourth-order valence-electron chi connectivity index (χ4n) is 9.96. The Kier molecular flexibility index (Phi) is 16.2. The minimum Gasteiger partial charge on any atom is -0.457 e. The van der Waals surface area contributed by atoms with E-state index in [0.717, 1.165) is 53.4 Å². The Morgan fingerprint density at radius 1 is 0.838 bits per heavy atom. The first kappa shape index (κ1) is 50.4. The average Bonchev–Trinajstić information content (AvgIpc) is 4.10. The molecule has 1 aromatic heterocycles. The number of imidazole rings is 1. The zero-order chi connectivity index (χ0) is 47.4. The van der Waals surface area contributed by atoms with Crippen molar-refractivity contribution in [2.24, 2.45) is 7.05 Å². The number of likely N-dealkylation sites (N-methyl/N-ethyl adjacent to an activating group) is 2. The third kappa shape index (κ3) is 10.9. The molecule has 1 aliphatic carbocycles. The number of carbonyl (C=O) groups is 4. The molecule has 0 saturated carbocycles. The van der Waals surface area contributed by atoms with Crippen LogP contribution >= 0.6 is 35.6 Å². The van der Waals surface area contributed by atoms with Gasteiger partial charge in [-0.3, -0.25) is 24.1 Å². The number of amides is 4. The monoisotopic (exact) mass is 983 g/mol. The van der Waals surface area contributed by atoms with Crippen molar-refractivity contribution in [3.05, 3.63) is 135 Å². The number of halogens is 3. The summed E-state index contributed by atoms with van der Waals surface area (Å²) in [6.45, 7) is 4.03. The normalized spacial score (nSPS) is 21.9. The summed E-state index contributed by atoms with van der Waals surface area (Å²) < 4.78 is 8.70. The van der Waals surface area contributed by atoms with Crippen LogP contribution in [0.4, 0.5) is 0 Å². The summed E-state index contributed by atoms with van der Waals surface area (Å²) in [6, 6.07) is 26.1. The zero-order valence-electron chi connectivity index (χ0n) is 39.0. The molecular formula is C52H60Cl3N7O6. The van der Waals surface area contributed by atoms with Gasteiger partial charge < -0.3 is 34.4 Å². The number of nitrogens with one attached hydrogen (secondary N) is 1. The lowest BCUT2D eigenvalue weighted by Crippen LogP contribution is -2.65. The quantitative estimate of drug-likeness (QED) is 0.137. The number of rotatable bonds is 11. The van der Waals surface area contributed by atoms with Crippen LogP contribution in [-0.2, 0) is 52.2 Å². The molecule has 360 valence electrons. The minimum absolute atomic E-state index is 0. The van der Waals surface area contributed by atoms with Gasteiger partial charge in [0.25, 0.3) is 0 Å². The Hall–Kier alpha value is -5.44. The first-order chi connectivity index (χ1) is 32.2. The van der Waals surface area contributed by atoms with Gasteiger partial charge in [0.2, 0.25) is 23.6 Å². The molecule has 2 saturated heterocycles. The third-order valence-electron chi connectivity index (χ3n) is 14.0. The van der Waals surface area contributed by atoms with Crippen LogP contribution in [0, 0.1) is 0 Å². The van der Waals surface area contributed by atoms with Gasteiger partial charge in [-0.2, -0.15) is 0 Å². The number of carbonyl (C=O) groups excluding carboxylic acids is 4. The molecule has 4 amide bonds. The van der Waals surface area contributed by atoms with E-state index in [2.05, 4.69) is 14.8 Å². The number of aromatic nitrogens is 2. The highest BCUT2D eigenvalue weighted by Crippen LogP contribution is 2.45. The van der Waals surface area contributed by atoms with Gasteiger partial charge in [-0.05, 0) is 117 Å². The van der Waals surface area contributed by atoms with E-state index >= 15 is 9.59 Å². The lowest BCUT2D eigenvalue weighted by molar-refractivity contribution is -0.153. The molecular weight excluding hydrogens is 925 g/mol. The van der Waals surface area contributed by atoms with E-state index in [-0.39, 0.29) is 44.2 Å². The molecule has 0 bridgehead atoms. The molecule has 4 aromatic carbocycles. The SMILES string of the molecule is CN1C[C@@H](Cc2ccc(Cl)cc2)N(C)C(=O)[C@H](CO)NC(=O)[C@](C)([C@@H]2CCc3ccccc32)N(Cc2ccc(Cl)cc2Oc2ccc(-c3cnc(CN4CCCC4)n3C)cc2)C(=O)CCC1=O.Cl. The first-order valence-corrected chi connectivity index (χ1v) is 23.8. The van der Waals surface area contributed by atoms with Crippen molar-refractivity contribution in [1.82, 2.24) is 34.5 Å². The highest BCUT2D eigenvalue weighted by molar-refractivity contribution is 6.31. The van der Waals surface area contributed by atoms with Crippen LogP contribution in [0.15, 0.2) is 97.2 Å². The smallest absolute Gasteiger partial charge is 0.247 e. The maximum Gasteiger partial charge on any atom is 0.247 e. The van der Waals surface area contributed by atoms with Crippen LogP contribution in [-0.4, -0.2) is 116 Å². The summed E-state index contributed by atoms with van der Waals surface area (Å²) >= 11 is 12.8. The highest BCUT2D eigenvalue weighted by Gasteiger charge is 2.52. The molecule has 68 heavy (non-hydrogen) atoms. The van der Waals surface area contributed by atoms with E-state index in [4.69, 9.17) is 32.9 Å². The van der Waals surface area contributed by atoms with Crippen molar-refractivity contribution in [3.8, 4) is 22.8 Å². The molecule has 2 aliphatic heterocycles. The van der Waals surface area contributed by atoms with E-state index in [1.54, 1.807) is 51.4 Å². The van der Waals surface area contributed by atoms with E-state index in [1.165, 1.54) is 27.5 Å². The Balaban J connectivity index is 0.00000684. The molecule has 5 aromatic rings. The maximum atomic E-state index is 15.3. The number of benzene rings is 4. The van der Waals surface area contributed by atoms with Gasteiger partial charge in [0.05, 0.1) is 37.6 Å². The summed E-state index contributed by atoms with van der Waals surface area (Å²) in [5, 5.41) is 14.7. The van der Waals surface area contributed by atoms with Gasteiger partial charge in [0.1, 0.15) is 28.9 Å². The van der Waals surface area contributed by atoms with Gasteiger partial charge >= 0.3 is 0 Å². The summed E-state index contributed by atoms with van der Waals surface area (Å²) in [4.78, 5) is 70.5. The van der Waals surface area contributed by atoms with Crippen LogP contribution in [0.1, 0.15) is 73.0 Å². The van der Waals surface area contributed by atoms with Crippen molar-refractivity contribution in [1.29, 1.82) is 0 Å². The predicted octanol–water partition coefficient (Wildman–Crippen LogP) is 7.82. The molecule has 16 heteroatoms. The number of hydrogen-bond acceptors (Lipinski definition) is 8. The standard InChI is InChI=1S/C52H59Cl2N7O6.ClH/c1-52(43-22-16-35-9-5-6-10-42(35)43)51(66)56-44(33-62)50(65)58(3)40(27-34-11-17-38(53)18-12-34)31-57(2)48(63)23-24-49(64)61(52)30-37-13-19-39(54)28-46(37)67-41-20-14-36(15-21-41)45-29-55-47(59(45)4)32-60-25-7-8-26-60;/h5-6,9-15,17-21,28-29,40,43-44,62H,7-8,16,22-27,30-33H2,1-4H3,(H,56,66);1H/t40-,43-,44+,52+;/m1./s1. The van der Waals surface area contributed by atoms with Crippen LogP contribution in [0.25, 0.3) is 11.3 Å². The summed E-state index contributed by atoms with van der Waals surface area (Å²) in [5.41, 5.74) is 3.73. The van der Waals surface area contributed by atoms with Crippen molar-refractivity contribution in [3.63, 3.8) is 0 Å². The molecule has 2 fully saturated rings. The molecule has 0 radical (unpaired) electrons. The van der Waals surface area contributed by atoms with Crippen LogP contribution in [0.3, 0.4) is 0 Å². The Labute approximate surface area is 414 Å². The zero-order valence-corrected chi connectivity index (χ0v) is 41.3. The highest BCUT2D eigenvalue weighted by atomic mass is 35.5.